The molecule has 1 heterocycles. The first kappa shape index (κ1) is 25.5. The van der Waals surface area contributed by atoms with Crippen molar-refractivity contribution < 1.29 is 23.9 Å². The zero-order valence-electron chi connectivity index (χ0n) is 20.8. The number of carbonyl (C=O) groups is 4. The molecule has 2 aliphatic rings. The van der Waals surface area contributed by atoms with Crippen molar-refractivity contribution in [3.8, 4) is 0 Å². The number of anilines is 1. The third-order valence-electron chi connectivity index (χ3n) is 6.36. The van der Waals surface area contributed by atoms with Gasteiger partial charge in [-0.15, -0.1) is 0 Å². The van der Waals surface area contributed by atoms with E-state index in [1.807, 2.05) is 19.1 Å². The zero-order valence-corrected chi connectivity index (χ0v) is 20.8. The van der Waals surface area contributed by atoms with E-state index in [-0.39, 0.29) is 19.0 Å². The van der Waals surface area contributed by atoms with E-state index in [1.165, 1.54) is 0 Å². The predicted molar refractivity (Wildman–Crippen MR) is 128 cm³/mol. The van der Waals surface area contributed by atoms with E-state index in [0.29, 0.717) is 31.0 Å². The van der Waals surface area contributed by atoms with Crippen molar-refractivity contribution in [2.24, 2.45) is 5.92 Å². The lowest BCUT2D eigenvalue weighted by Crippen LogP contribution is -2.49. The Morgan fingerprint density at radius 2 is 1.85 bits per heavy atom. The molecule has 0 radical (unpaired) electrons. The molecule has 0 unspecified atom stereocenters. The normalized spacial score (nSPS) is 22.5. The molecule has 1 aromatic carbocycles. The van der Waals surface area contributed by atoms with Crippen LogP contribution < -0.4 is 10.6 Å². The molecule has 1 saturated carbocycles. The minimum atomic E-state index is -0.878. The monoisotopic (exact) mass is 472 g/mol. The molecular formula is C25H36N4O5. The van der Waals surface area contributed by atoms with Crippen molar-refractivity contribution in [1.29, 1.82) is 0 Å². The van der Waals surface area contributed by atoms with E-state index in [1.54, 1.807) is 37.8 Å². The van der Waals surface area contributed by atoms with Gasteiger partial charge in [-0.3, -0.25) is 14.5 Å². The number of para-hydroxylation sites is 1. The van der Waals surface area contributed by atoms with Crippen LogP contribution in [0.2, 0.25) is 0 Å². The molecule has 9 nitrogen and oxygen atoms in total. The molecule has 0 aromatic heterocycles. The van der Waals surface area contributed by atoms with E-state index in [2.05, 4.69) is 17.6 Å². The molecule has 2 fully saturated rings. The van der Waals surface area contributed by atoms with Crippen LogP contribution in [0, 0.1) is 5.92 Å². The fraction of sp³-hybridized carbons (Fsp3) is 0.600. The molecule has 186 valence electrons. The highest BCUT2D eigenvalue weighted by atomic mass is 16.6. The first-order chi connectivity index (χ1) is 15.9. The van der Waals surface area contributed by atoms with Crippen molar-refractivity contribution in [3.05, 3.63) is 29.8 Å². The standard InChI is InChI=1S/C25H36N4O5/c1-6-28(23(33)34-24(3,4)5)15-18-9-7-8-10-19(18)26-20(30)16-29-21(31)25(27-22(29)32)13-11-17(2)12-14-25/h7-10,17H,6,11-16H2,1-5H3,(H,26,30)(H,27,32). The molecule has 1 aliphatic heterocycles. The summed E-state index contributed by atoms with van der Waals surface area (Å²) < 4.78 is 5.47. The SMILES string of the molecule is CCN(Cc1ccccc1NC(=O)CN1C(=O)NC2(CCC(C)CC2)C1=O)C(=O)OC(C)(C)C. The fourth-order valence-corrected chi connectivity index (χ4v) is 4.36. The Labute approximate surface area is 201 Å². The van der Waals surface area contributed by atoms with Gasteiger partial charge in [-0.05, 0) is 70.9 Å². The number of nitrogens with one attached hydrogen (secondary N) is 2. The first-order valence-corrected chi connectivity index (χ1v) is 11.9. The summed E-state index contributed by atoms with van der Waals surface area (Å²) in [6.07, 6.45) is 2.48. The quantitative estimate of drug-likeness (QED) is 0.611. The molecule has 3 rings (SSSR count). The van der Waals surface area contributed by atoms with Gasteiger partial charge in [-0.2, -0.15) is 0 Å². The lowest BCUT2D eigenvalue weighted by Gasteiger charge is -2.33. The van der Waals surface area contributed by atoms with Crippen LogP contribution in [0.1, 0.15) is 65.9 Å². The van der Waals surface area contributed by atoms with Crippen LogP contribution >= 0.6 is 0 Å². The molecule has 1 aromatic rings. The van der Waals surface area contributed by atoms with Crippen LogP contribution in [0.15, 0.2) is 24.3 Å². The van der Waals surface area contributed by atoms with Crippen LogP contribution in [0.25, 0.3) is 0 Å². The maximum Gasteiger partial charge on any atom is 0.410 e. The highest BCUT2D eigenvalue weighted by molar-refractivity contribution is 6.10. The second-order valence-corrected chi connectivity index (χ2v) is 10.3. The van der Waals surface area contributed by atoms with Crippen LogP contribution in [0.3, 0.4) is 0 Å². The number of urea groups is 1. The van der Waals surface area contributed by atoms with Crippen molar-refractivity contribution in [2.75, 3.05) is 18.4 Å². The Hall–Kier alpha value is -3.10. The van der Waals surface area contributed by atoms with Crippen molar-refractivity contribution in [3.63, 3.8) is 0 Å². The van der Waals surface area contributed by atoms with Gasteiger partial charge in [0.25, 0.3) is 5.91 Å². The summed E-state index contributed by atoms with van der Waals surface area (Å²) in [7, 11) is 0. The number of rotatable bonds is 6. The lowest BCUT2D eigenvalue weighted by molar-refractivity contribution is -0.135. The summed E-state index contributed by atoms with van der Waals surface area (Å²) in [6, 6.07) is 6.61. The molecular weight excluding hydrogens is 436 g/mol. The molecule has 0 atom stereocenters. The average Bonchev–Trinajstić information content (AvgIpc) is 2.98. The summed E-state index contributed by atoms with van der Waals surface area (Å²) in [5.41, 5.74) is -0.257. The third kappa shape index (κ3) is 5.87. The average molecular weight is 473 g/mol. The van der Waals surface area contributed by atoms with Gasteiger partial charge in [0.1, 0.15) is 17.7 Å². The molecule has 5 amide bonds. The first-order valence-electron chi connectivity index (χ1n) is 11.9. The van der Waals surface area contributed by atoms with Gasteiger partial charge < -0.3 is 20.3 Å². The molecule has 34 heavy (non-hydrogen) atoms. The topological polar surface area (TPSA) is 108 Å². The van der Waals surface area contributed by atoms with Gasteiger partial charge in [0.15, 0.2) is 0 Å². The van der Waals surface area contributed by atoms with Crippen molar-refractivity contribution >= 4 is 29.6 Å². The Morgan fingerprint density at radius 1 is 1.21 bits per heavy atom. The number of nitrogens with zero attached hydrogens (tertiary/aromatic N) is 2. The third-order valence-corrected chi connectivity index (χ3v) is 6.36. The minimum absolute atomic E-state index is 0.242. The Bertz CT molecular complexity index is 947. The number of ether oxygens (including phenoxy) is 1. The molecule has 1 aliphatic carbocycles. The van der Waals surface area contributed by atoms with E-state index in [9.17, 15) is 19.2 Å². The number of hydrogen-bond donors (Lipinski definition) is 2. The number of hydrogen-bond acceptors (Lipinski definition) is 5. The molecule has 1 spiro atoms. The van der Waals surface area contributed by atoms with Gasteiger partial charge >= 0.3 is 12.1 Å². The van der Waals surface area contributed by atoms with Crippen LogP contribution in [-0.4, -0.2) is 58.0 Å². The van der Waals surface area contributed by atoms with Crippen LogP contribution in [0.5, 0.6) is 0 Å². The highest BCUT2D eigenvalue weighted by Crippen LogP contribution is 2.36. The Kier molecular flexibility index (Phi) is 7.53. The minimum Gasteiger partial charge on any atom is -0.444 e. The second kappa shape index (κ2) is 10.0. The molecule has 9 heteroatoms. The fourth-order valence-electron chi connectivity index (χ4n) is 4.36. The van der Waals surface area contributed by atoms with E-state index >= 15 is 0 Å². The van der Waals surface area contributed by atoms with Crippen LogP contribution in [-0.2, 0) is 20.9 Å². The van der Waals surface area contributed by atoms with Crippen molar-refractivity contribution in [1.82, 2.24) is 15.1 Å². The largest absolute Gasteiger partial charge is 0.444 e. The maximum absolute atomic E-state index is 13.0. The van der Waals surface area contributed by atoms with Gasteiger partial charge in [-0.25, -0.2) is 9.59 Å². The number of carbonyl (C=O) groups excluding carboxylic acids is 4. The molecule has 1 saturated heterocycles. The highest BCUT2D eigenvalue weighted by Gasteiger charge is 2.52. The second-order valence-electron chi connectivity index (χ2n) is 10.3. The van der Waals surface area contributed by atoms with Gasteiger partial charge in [0.05, 0.1) is 6.54 Å². The molecule has 0 bridgehead atoms. The van der Waals surface area contributed by atoms with E-state index in [0.717, 1.165) is 23.3 Å². The van der Waals surface area contributed by atoms with Gasteiger partial charge in [0.2, 0.25) is 5.91 Å². The summed E-state index contributed by atoms with van der Waals surface area (Å²) in [5.74, 6) is -0.278. The summed E-state index contributed by atoms with van der Waals surface area (Å²) >= 11 is 0. The van der Waals surface area contributed by atoms with Gasteiger partial charge in [-0.1, -0.05) is 25.1 Å². The van der Waals surface area contributed by atoms with Gasteiger partial charge in [0, 0.05) is 12.2 Å². The summed E-state index contributed by atoms with van der Waals surface area (Å²) in [5, 5.41) is 5.64. The maximum atomic E-state index is 13.0. The number of amides is 5. The smallest absolute Gasteiger partial charge is 0.410 e. The predicted octanol–water partition coefficient (Wildman–Crippen LogP) is 3.88. The lowest BCUT2D eigenvalue weighted by atomic mass is 9.77. The Balaban J connectivity index is 1.66. The Morgan fingerprint density at radius 3 is 2.47 bits per heavy atom. The number of imide groups is 1. The zero-order chi connectivity index (χ0) is 25.1. The summed E-state index contributed by atoms with van der Waals surface area (Å²) in [6.45, 7) is 9.72. The van der Waals surface area contributed by atoms with Crippen molar-refractivity contribution in [2.45, 2.75) is 78.0 Å². The van der Waals surface area contributed by atoms with E-state index in [4.69, 9.17) is 4.74 Å². The molecule has 2 N–H and O–H groups in total. The number of benzene rings is 1. The summed E-state index contributed by atoms with van der Waals surface area (Å²) in [4.78, 5) is 53.5. The van der Waals surface area contributed by atoms with Crippen LogP contribution in [0.4, 0.5) is 15.3 Å². The van der Waals surface area contributed by atoms with E-state index < -0.39 is 29.2 Å².